The highest BCUT2D eigenvalue weighted by molar-refractivity contribution is 9.10. The lowest BCUT2D eigenvalue weighted by Gasteiger charge is -2.31. The van der Waals surface area contributed by atoms with Gasteiger partial charge in [-0.05, 0) is 41.1 Å². The summed E-state index contributed by atoms with van der Waals surface area (Å²) in [5.41, 5.74) is 2.44. The van der Waals surface area contributed by atoms with E-state index < -0.39 is 0 Å². The van der Waals surface area contributed by atoms with E-state index in [4.69, 9.17) is 0 Å². The van der Waals surface area contributed by atoms with Gasteiger partial charge in [-0.15, -0.1) is 0 Å². The zero-order valence-corrected chi connectivity index (χ0v) is 14.0. The SMILES string of the molecule is CCc1nn(C)c(CNC2CCCCC2CC)c1Br. The van der Waals surface area contributed by atoms with E-state index in [1.807, 2.05) is 11.7 Å². The van der Waals surface area contributed by atoms with Crippen LogP contribution in [0.15, 0.2) is 4.47 Å². The molecule has 19 heavy (non-hydrogen) atoms. The second-order valence-electron chi connectivity index (χ2n) is 5.62. The Hall–Kier alpha value is -0.350. The second-order valence-corrected chi connectivity index (χ2v) is 6.42. The maximum absolute atomic E-state index is 4.56. The van der Waals surface area contributed by atoms with Gasteiger partial charge in [0.1, 0.15) is 0 Å². The fourth-order valence-corrected chi connectivity index (χ4v) is 3.96. The monoisotopic (exact) mass is 327 g/mol. The molecule has 2 unspecified atom stereocenters. The van der Waals surface area contributed by atoms with Crippen LogP contribution in [-0.2, 0) is 20.0 Å². The van der Waals surface area contributed by atoms with E-state index in [0.717, 1.165) is 24.6 Å². The van der Waals surface area contributed by atoms with Crippen molar-refractivity contribution in [3.05, 3.63) is 15.9 Å². The molecule has 0 aromatic carbocycles. The van der Waals surface area contributed by atoms with Crippen LogP contribution in [0.4, 0.5) is 0 Å². The lowest BCUT2D eigenvalue weighted by atomic mass is 9.83. The third-order valence-corrected chi connectivity index (χ3v) is 5.38. The Morgan fingerprint density at radius 1 is 1.32 bits per heavy atom. The first-order chi connectivity index (χ1) is 9.17. The van der Waals surface area contributed by atoms with Crippen LogP contribution in [0.3, 0.4) is 0 Å². The van der Waals surface area contributed by atoms with Crippen LogP contribution >= 0.6 is 15.9 Å². The Kier molecular flexibility index (Phi) is 5.46. The minimum absolute atomic E-state index is 0.686. The van der Waals surface area contributed by atoms with E-state index in [1.54, 1.807) is 0 Å². The molecule has 2 rings (SSSR count). The first-order valence-corrected chi connectivity index (χ1v) is 8.40. The molecule has 0 amide bonds. The predicted octanol–water partition coefficient (Wildman–Crippen LogP) is 3.80. The van der Waals surface area contributed by atoms with Crippen molar-refractivity contribution >= 4 is 15.9 Å². The molecule has 0 spiro atoms. The molecule has 0 bridgehead atoms. The van der Waals surface area contributed by atoms with Gasteiger partial charge in [0.05, 0.1) is 15.9 Å². The normalized spacial score (nSPS) is 23.8. The van der Waals surface area contributed by atoms with Gasteiger partial charge in [0.25, 0.3) is 0 Å². The van der Waals surface area contributed by atoms with E-state index in [0.29, 0.717) is 6.04 Å². The van der Waals surface area contributed by atoms with Crippen molar-refractivity contribution in [1.29, 1.82) is 0 Å². The summed E-state index contributed by atoms with van der Waals surface area (Å²) >= 11 is 3.70. The zero-order valence-electron chi connectivity index (χ0n) is 12.4. The van der Waals surface area contributed by atoms with Crippen LogP contribution in [0.2, 0.25) is 0 Å². The average molecular weight is 328 g/mol. The molecule has 108 valence electrons. The summed E-state index contributed by atoms with van der Waals surface area (Å²) in [6, 6.07) is 0.686. The number of aromatic nitrogens is 2. The Balaban J connectivity index is 1.99. The third kappa shape index (κ3) is 3.40. The van der Waals surface area contributed by atoms with Gasteiger partial charge in [-0.25, -0.2) is 0 Å². The summed E-state index contributed by atoms with van der Waals surface area (Å²) in [7, 11) is 2.04. The number of nitrogens with one attached hydrogen (secondary N) is 1. The van der Waals surface area contributed by atoms with E-state index in [-0.39, 0.29) is 0 Å². The first-order valence-electron chi connectivity index (χ1n) is 7.61. The van der Waals surface area contributed by atoms with Gasteiger partial charge in [0.15, 0.2) is 0 Å². The first kappa shape index (κ1) is 15.0. The number of hydrogen-bond acceptors (Lipinski definition) is 2. The molecule has 4 heteroatoms. The molecule has 1 aliphatic rings. The van der Waals surface area contributed by atoms with Crippen molar-refractivity contribution in [2.45, 2.75) is 65.0 Å². The summed E-state index contributed by atoms with van der Waals surface area (Å²) in [6.07, 6.45) is 7.78. The van der Waals surface area contributed by atoms with Gasteiger partial charge in [0.2, 0.25) is 0 Å². The third-order valence-electron chi connectivity index (χ3n) is 4.47. The number of hydrogen-bond donors (Lipinski definition) is 1. The molecular formula is C15H26BrN3. The molecule has 1 aliphatic carbocycles. The van der Waals surface area contributed by atoms with Crippen LogP contribution in [-0.4, -0.2) is 15.8 Å². The molecule has 0 radical (unpaired) electrons. The highest BCUT2D eigenvalue weighted by Crippen LogP contribution is 2.28. The van der Waals surface area contributed by atoms with E-state index in [1.165, 1.54) is 42.3 Å². The molecule has 3 nitrogen and oxygen atoms in total. The zero-order chi connectivity index (χ0) is 13.8. The van der Waals surface area contributed by atoms with Crippen LogP contribution in [0.25, 0.3) is 0 Å². The molecule has 1 fully saturated rings. The average Bonchev–Trinajstić information content (AvgIpc) is 2.71. The van der Waals surface area contributed by atoms with Crippen LogP contribution < -0.4 is 5.32 Å². The lowest BCUT2D eigenvalue weighted by molar-refractivity contribution is 0.253. The highest BCUT2D eigenvalue weighted by atomic mass is 79.9. The quantitative estimate of drug-likeness (QED) is 0.891. The fourth-order valence-electron chi connectivity index (χ4n) is 3.20. The van der Waals surface area contributed by atoms with Gasteiger partial charge in [-0.2, -0.15) is 5.10 Å². The summed E-state index contributed by atoms with van der Waals surface area (Å²) < 4.78 is 3.20. The number of aryl methyl sites for hydroxylation is 2. The van der Waals surface area contributed by atoms with Crippen molar-refractivity contribution in [1.82, 2.24) is 15.1 Å². The van der Waals surface area contributed by atoms with E-state index in [9.17, 15) is 0 Å². The van der Waals surface area contributed by atoms with Crippen LogP contribution in [0.5, 0.6) is 0 Å². The molecular weight excluding hydrogens is 302 g/mol. The number of halogens is 1. The Morgan fingerprint density at radius 3 is 2.68 bits per heavy atom. The topological polar surface area (TPSA) is 29.9 Å². The van der Waals surface area contributed by atoms with Crippen molar-refractivity contribution in [2.24, 2.45) is 13.0 Å². The Bertz CT molecular complexity index is 414. The maximum atomic E-state index is 4.56. The van der Waals surface area contributed by atoms with Gasteiger partial charge in [0, 0.05) is 19.6 Å². The molecule has 1 N–H and O–H groups in total. The van der Waals surface area contributed by atoms with Crippen LogP contribution in [0, 0.1) is 5.92 Å². The highest BCUT2D eigenvalue weighted by Gasteiger charge is 2.23. The lowest BCUT2D eigenvalue weighted by Crippen LogP contribution is -2.38. The molecule has 0 saturated heterocycles. The fraction of sp³-hybridized carbons (Fsp3) is 0.800. The molecule has 1 aromatic rings. The summed E-state index contributed by atoms with van der Waals surface area (Å²) in [5.74, 6) is 0.853. The second kappa shape index (κ2) is 6.89. The van der Waals surface area contributed by atoms with Gasteiger partial charge < -0.3 is 5.32 Å². The van der Waals surface area contributed by atoms with Crippen molar-refractivity contribution < 1.29 is 0 Å². The standard InChI is InChI=1S/C15H26BrN3/c1-4-11-8-6-7-9-13(11)17-10-14-15(16)12(5-2)18-19(14)3/h11,13,17H,4-10H2,1-3H3. The van der Waals surface area contributed by atoms with Gasteiger partial charge >= 0.3 is 0 Å². The molecule has 1 aromatic heterocycles. The smallest absolute Gasteiger partial charge is 0.0767 e. The summed E-state index contributed by atoms with van der Waals surface area (Å²) in [6.45, 7) is 5.39. The summed E-state index contributed by atoms with van der Waals surface area (Å²) in [4.78, 5) is 0. The van der Waals surface area contributed by atoms with Crippen LogP contribution in [0.1, 0.15) is 57.3 Å². The molecule has 0 aliphatic heterocycles. The Morgan fingerprint density at radius 2 is 2.05 bits per heavy atom. The van der Waals surface area contributed by atoms with Gasteiger partial charge in [-0.1, -0.05) is 33.1 Å². The molecule has 1 heterocycles. The van der Waals surface area contributed by atoms with Crippen molar-refractivity contribution in [3.63, 3.8) is 0 Å². The Labute approximate surface area is 125 Å². The predicted molar refractivity (Wildman–Crippen MR) is 83.2 cm³/mol. The maximum Gasteiger partial charge on any atom is 0.0767 e. The van der Waals surface area contributed by atoms with Crippen molar-refractivity contribution in [2.75, 3.05) is 0 Å². The largest absolute Gasteiger partial charge is 0.308 e. The van der Waals surface area contributed by atoms with E-state index >= 15 is 0 Å². The molecule has 2 atom stereocenters. The minimum atomic E-state index is 0.686. The van der Waals surface area contributed by atoms with Crippen molar-refractivity contribution in [3.8, 4) is 0 Å². The molecule has 1 saturated carbocycles. The summed E-state index contributed by atoms with van der Waals surface area (Å²) in [5, 5.41) is 8.33. The van der Waals surface area contributed by atoms with E-state index in [2.05, 4.69) is 40.2 Å². The number of rotatable bonds is 5. The van der Waals surface area contributed by atoms with Gasteiger partial charge in [-0.3, -0.25) is 4.68 Å². The minimum Gasteiger partial charge on any atom is -0.308 e. The number of nitrogens with zero attached hydrogens (tertiary/aromatic N) is 2.